The molecule has 1 aromatic heterocycles. The predicted molar refractivity (Wildman–Crippen MR) is 76.5 cm³/mol. The van der Waals surface area contributed by atoms with E-state index < -0.39 is 0 Å². The Bertz CT molecular complexity index is 611. The number of nitrogens with zero attached hydrogens (tertiary/aromatic N) is 2. The summed E-state index contributed by atoms with van der Waals surface area (Å²) in [6, 6.07) is 7.78. The van der Waals surface area contributed by atoms with Gasteiger partial charge in [0, 0.05) is 24.7 Å². The zero-order valence-electron chi connectivity index (χ0n) is 12.0. The molecule has 100 valence electrons. The van der Waals surface area contributed by atoms with Crippen LogP contribution in [0.25, 0.3) is 0 Å². The Hall–Kier alpha value is -1.90. The van der Waals surface area contributed by atoms with Crippen molar-refractivity contribution >= 4 is 5.78 Å². The Morgan fingerprint density at radius 3 is 2.58 bits per heavy atom. The normalized spacial score (nSPS) is 10.7. The number of aryl methyl sites for hydroxylation is 3. The van der Waals surface area contributed by atoms with Gasteiger partial charge in [0.15, 0.2) is 5.78 Å². The van der Waals surface area contributed by atoms with Crippen molar-refractivity contribution in [1.82, 2.24) is 9.78 Å². The van der Waals surface area contributed by atoms with Gasteiger partial charge in [-0.25, -0.2) is 0 Å². The highest BCUT2D eigenvalue weighted by Crippen LogP contribution is 2.16. The van der Waals surface area contributed by atoms with E-state index in [4.69, 9.17) is 0 Å². The fraction of sp³-hybridized carbons (Fsp3) is 0.375. The molecule has 2 aromatic rings. The number of hydrogen-bond acceptors (Lipinski definition) is 2. The minimum absolute atomic E-state index is 0.200. The zero-order chi connectivity index (χ0) is 14.0. The lowest BCUT2D eigenvalue weighted by Gasteiger charge is -2.03. The third-order valence-electron chi connectivity index (χ3n) is 3.60. The maximum absolute atomic E-state index is 12.2. The quantitative estimate of drug-likeness (QED) is 0.788. The molecule has 0 saturated carbocycles. The SMILES string of the molecule is Cc1cccc(C(=O)CCc2c(C)nn(C)c2C)c1. The van der Waals surface area contributed by atoms with Crippen molar-refractivity contribution in [1.29, 1.82) is 0 Å². The van der Waals surface area contributed by atoms with E-state index in [0.717, 1.165) is 28.9 Å². The van der Waals surface area contributed by atoms with Crippen molar-refractivity contribution in [3.8, 4) is 0 Å². The summed E-state index contributed by atoms with van der Waals surface area (Å²) in [5.74, 6) is 0.200. The molecule has 1 aromatic carbocycles. The Kier molecular flexibility index (Phi) is 3.84. The third kappa shape index (κ3) is 2.92. The predicted octanol–water partition coefficient (Wildman–Crippen LogP) is 3.16. The van der Waals surface area contributed by atoms with E-state index in [2.05, 4.69) is 5.10 Å². The van der Waals surface area contributed by atoms with Crippen LogP contribution in [0.15, 0.2) is 24.3 Å². The molecule has 0 radical (unpaired) electrons. The van der Waals surface area contributed by atoms with Gasteiger partial charge in [-0.1, -0.05) is 23.8 Å². The lowest BCUT2D eigenvalue weighted by Crippen LogP contribution is -2.03. The van der Waals surface area contributed by atoms with Gasteiger partial charge in [0.05, 0.1) is 5.69 Å². The van der Waals surface area contributed by atoms with Crippen molar-refractivity contribution < 1.29 is 4.79 Å². The maximum atomic E-state index is 12.2. The lowest BCUT2D eigenvalue weighted by atomic mass is 10.0. The van der Waals surface area contributed by atoms with Crippen molar-refractivity contribution in [2.45, 2.75) is 33.6 Å². The second kappa shape index (κ2) is 5.39. The molecule has 0 atom stereocenters. The monoisotopic (exact) mass is 256 g/mol. The van der Waals surface area contributed by atoms with Gasteiger partial charge in [-0.15, -0.1) is 0 Å². The first-order valence-electron chi connectivity index (χ1n) is 6.58. The molecule has 0 aliphatic carbocycles. The minimum Gasteiger partial charge on any atom is -0.294 e. The van der Waals surface area contributed by atoms with Crippen LogP contribution < -0.4 is 0 Å². The Labute approximate surface area is 114 Å². The highest BCUT2D eigenvalue weighted by molar-refractivity contribution is 5.96. The first-order valence-corrected chi connectivity index (χ1v) is 6.58. The number of carbonyl (C=O) groups excluding carboxylic acids is 1. The van der Waals surface area contributed by atoms with Gasteiger partial charge in [0.25, 0.3) is 0 Å². The number of benzene rings is 1. The topological polar surface area (TPSA) is 34.9 Å². The zero-order valence-corrected chi connectivity index (χ0v) is 12.0. The number of aromatic nitrogens is 2. The van der Waals surface area contributed by atoms with Gasteiger partial charge >= 0.3 is 0 Å². The van der Waals surface area contributed by atoms with E-state index in [1.807, 2.05) is 56.8 Å². The van der Waals surface area contributed by atoms with Gasteiger partial charge in [-0.05, 0) is 38.8 Å². The molecule has 0 saturated heterocycles. The van der Waals surface area contributed by atoms with E-state index in [9.17, 15) is 4.79 Å². The van der Waals surface area contributed by atoms with Crippen LogP contribution >= 0.6 is 0 Å². The van der Waals surface area contributed by atoms with Crippen LogP contribution in [0.5, 0.6) is 0 Å². The molecular weight excluding hydrogens is 236 g/mol. The molecule has 2 rings (SSSR count). The fourth-order valence-corrected chi connectivity index (χ4v) is 2.38. The van der Waals surface area contributed by atoms with Crippen LogP contribution in [-0.2, 0) is 13.5 Å². The Balaban J connectivity index is 2.09. The molecule has 0 bridgehead atoms. The highest BCUT2D eigenvalue weighted by atomic mass is 16.1. The summed E-state index contributed by atoms with van der Waals surface area (Å²) >= 11 is 0. The molecule has 1 heterocycles. The lowest BCUT2D eigenvalue weighted by molar-refractivity contribution is 0.0982. The molecule has 0 fully saturated rings. The summed E-state index contributed by atoms with van der Waals surface area (Å²) in [6.07, 6.45) is 1.30. The number of carbonyl (C=O) groups is 1. The van der Waals surface area contributed by atoms with Gasteiger partial charge in [-0.2, -0.15) is 5.10 Å². The van der Waals surface area contributed by atoms with E-state index in [1.165, 1.54) is 5.56 Å². The third-order valence-corrected chi connectivity index (χ3v) is 3.60. The first-order chi connectivity index (χ1) is 8.99. The van der Waals surface area contributed by atoms with Crippen molar-refractivity contribution in [2.75, 3.05) is 0 Å². The fourth-order valence-electron chi connectivity index (χ4n) is 2.38. The van der Waals surface area contributed by atoms with E-state index >= 15 is 0 Å². The largest absolute Gasteiger partial charge is 0.294 e. The summed E-state index contributed by atoms with van der Waals surface area (Å²) in [6.45, 7) is 6.05. The average Bonchev–Trinajstić information content (AvgIpc) is 2.61. The summed E-state index contributed by atoms with van der Waals surface area (Å²) in [4.78, 5) is 12.2. The molecule has 0 amide bonds. The van der Waals surface area contributed by atoms with E-state index in [0.29, 0.717) is 6.42 Å². The molecule has 0 aliphatic rings. The molecule has 3 nitrogen and oxygen atoms in total. The Morgan fingerprint density at radius 2 is 2.00 bits per heavy atom. The van der Waals surface area contributed by atoms with Crippen molar-refractivity contribution in [3.05, 3.63) is 52.3 Å². The minimum atomic E-state index is 0.200. The van der Waals surface area contributed by atoms with Crippen molar-refractivity contribution in [3.63, 3.8) is 0 Å². The molecular formula is C16H20N2O. The van der Waals surface area contributed by atoms with Gasteiger partial charge < -0.3 is 0 Å². The number of hydrogen-bond donors (Lipinski definition) is 0. The van der Waals surface area contributed by atoms with E-state index in [1.54, 1.807) is 0 Å². The summed E-state index contributed by atoms with van der Waals surface area (Å²) in [5, 5.41) is 4.38. The molecule has 0 N–H and O–H groups in total. The van der Waals surface area contributed by atoms with Gasteiger partial charge in [-0.3, -0.25) is 9.48 Å². The maximum Gasteiger partial charge on any atom is 0.163 e. The van der Waals surface area contributed by atoms with E-state index in [-0.39, 0.29) is 5.78 Å². The van der Waals surface area contributed by atoms with Gasteiger partial charge in [0.2, 0.25) is 0 Å². The number of rotatable bonds is 4. The number of ketones is 1. The van der Waals surface area contributed by atoms with Gasteiger partial charge in [0.1, 0.15) is 0 Å². The summed E-state index contributed by atoms with van der Waals surface area (Å²) in [7, 11) is 1.94. The van der Waals surface area contributed by atoms with Crippen LogP contribution in [-0.4, -0.2) is 15.6 Å². The molecule has 0 spiro atoms. The van der Waals surface area contributed by atoms with Crippen LogP contribution in [0.2, 0.25) is 0 Å². The molecule has 3 heteroatoms. The van der Waals surface area contributed by atoms with Crippen LogP contribution in [0, 0.1) is 20.8 Å². The summed E-state index contributed by atoms with van der Waals surface area (Å²) in [5.41, 5.74) is 5.30. The summed E-state index contributed by atoms with van der Waals surface area (Å²) < 4.78 is 1.88. The first kappa shape index (κ1) is 13.5. The molecule has 19 heavy (non-hydrogen) atoms. The Morgan fingerprint density at radius 1 is 1.26 bits per heavy atom. The smallest absolute Gasteiger partial charge is 0.163 e. The van der Waals surface area contributed by atoms with Crippen LogP contribution in [0.3, 0.4) is 0 Å². The average molecular weight is 256 g/mol. The van der Waals surface area contributed by atoms with Crippen LogP contribution in [0.1, 0.15) is 39.3 Å². The highest BCUT2D eigenvalue weighted by Gasteiger charge is 2.12. The standard InChI is InChI=1S/C16H20N2O/c1-11-6-5-7-14(10-11)16(19)9-8-15-12(2)17-18(4)13(15)3/h5-7,10H,8-9H2,1-4H3. The molecule has 0 aliphatic heterocycles. The van der Waals surface area contributed by atoms with Crippen LogP contribution in [0.4, 0.5) is 0 Å². The second-order valence-corrected chi connectivity index (χ2v) is 5.07. The number of Topliss-reactive ketones (excluding diaryl/α,β-unsaturated/α-hetero) is 1. The molecule has 0 unspecified atom stereocenters. The van der Waals surface area contributed by atoms with Crippen molar-refractivity contribution in [2.24, 2.45) is 7.05 Å². The second-order valence-electron chi connectivity index (χ2n) is 5.07.